The Labute approximate surface area is 164 Å². The number of anilines is 1. The maximum Gasteiger partial charge on any atom is 0.342 e. The summed E-state index contributed by atoms with van der Waals surface area (Å²) in [6, 6.07) is 7.01. The molecule has 28 heavy (non-hydrogen) atoms. The predicted molar refractivity (Wildman–Crippen MR) is 104 cm³/mol. The van der Waals surface area contributed by atoms with E-state index in [1.165, 1.54) is 31.2 Å². The molecule has 0 aliphatic rings. The van der Waals surface area contributed by atoms with Crippen molar-refractivity contribution in [2.75, 3.05) is 5.32 Å². The van der Waals surface area contributed by atoms with Gasteiger partial charge in [-0.2, -0.15) is 0 Å². The Kier molecular flexibility index (Phi) is 6.63. The Bertz CT molecular complexity index is 961. The van der Waals surface area contributed by atoms with Crippen molar-refractivity contribution in [3.8, 4) is 0 Å². The van der Waals surface area contributed by atoms with E-state index in [0.717, 1.165) is 0 Å². The molecule has 0 bridgehead atoms. The number of furan rings is 1. The number of nitrogens with one attached hydrogen (secondary N) is 2. The largest absolute Gasteiger partial charge is 0.466 e. The molecule has 8 nitrogen and oxygen atoms in total. The van der Waals surface area contributed by atoms with Crippen molar-refractivity contribution in [2.24, 2.45) is 0 Å². The molecule has 0 aliphatic heterocycles. The zero-order valence-corrected chi connectivity index (χ0v) is 17.2. The Hall–Kier alpha value is -2.65. The standard InChI is InChI=1S/C19H24N2O6S/c1-11(2)21-28(24,25)16-8-6-15(7-9-16)20-18(22)14(5)27-19(23)17-10-12(3)26-13(17)4/h6-11,14,21H,1-5H3,(H,20,22)/t14-/m1/s1. The summed E-state index contributed by atoms with van der Waals surface area (Å²) in [5.74, 6) is -0.203. The van der Waals surface area contributed by atoms with Crippen molar-refractivity contribution < 1.29 is 27.2 Å². The van der Waals surface area contributed by atoms with Crippen molar-refractivity contribution in [1.29, 1.82) is 0 Å². The van der Waals surface area contributed by atoms with Gasteiger partial charge in [0.2, 0.25) is 10.0 Å². The molecule has 1 atom stereocenters. The second-order valence-electron chi connectivity index (χ2n) is 6.66. The van der Waals surface area contributed by atoms with E-state index in [0.29, 0.717) is 17.2 Å². The molecule has 0 unspecified atom stereocenters. The highest BCUT2D eigenvalue weighted by molar-refractivity contribution is 7.89. The smallest absolute Gasteiger partial charge is 0.342 e. The Morgan fingerprint density at radius 2 is 1.68 bits per heavy atom. The van der Waals surface area contributed by atoms with Crippen LogP contribution in [0.4, 0.5) is 5.69 Å². The minimum absolute atomic E-state index is 0.0875. The molecule has 0 radical (unpaired) electrons. The number of hydrogen-bond donors (Lipinski definition) is 2. The van der Waals surface area contributed by atoms with Gasteiger partial charge in [0.05, 0.1) is 4.90 Å². The van der Waals surface area contributed by atoms with Gasteiger partial charge in [-0.3, -0.25) is 4.79 Å². The second kappa shape index (κ2) is 8.57. The molecule has 2 rings (SSSR count). The number of carbonyl (C=O) groups is 2. The second-order valence-corrected chi connectivity index (χ2v) is 8.38. The summed E-state index contributed by atoms with van der Waals surface area (Å²) in [6.07, 6.45) is -1.05. The number of aryl methyl sites for hydroxylation is 2. The third-order valence-corrected chi connectivity index (χ3v) is 5.41. The van der Waals surface area contributed by atoms with Gasteiger partial charge in [-0.05, 0) is 65.0 Å². The molecule has 152 valence electrons. The van der Waals surface area contributed by atoms with Gasteiger partial charge in [-0.15, -0.1) is 0 Å². The zero-order valence-electron chi connectivity index (χ0n) is 16.4. The van der Waals surface area contributed by atoms with Gasteiger partial charge in [0.25, 0.3) is 5.91 Å². The molecule has 0 saturated carbocycles. The van der Waals surface area contributed by atoms with Gasteiger partial charge in [0.15, 0.2) is 6.10 Å². The first-order valence-corrected chi connectivity index (χ1v) is 10.2. The van der Waals surface area contributed by atoms with E-state index in [2.05, 4.69) is 10.0 Å². The van der Waals surface area contributed by atoms with Gasteiger partial charge >= 0.3 is 5.97 Å². The number of sulfonamides is 1. The number of benzene rings is 1. The lowest BCUT2D eigenvalue weighted by Gasteiger charge is -2.14. The summed E-state index contributed by atoms with van der Waals surface area (Å²) >= 11 is 0. The summed E-state index contributed by atoms with van der Waals surface area (Å²) in [7, 11) is -3.61. The lowest BCUT2D eigenvalue weighted by Crippen LogP contribution is -2.30. The fourth-order valence-electron chi connectivity index (χ4n) is 2.45. The highest BCUT2D eigenvalue weighted by Gasteiger charge is 2.22. The molecule has 0 spiro atoms. The van der Waals surface area contributed by atoms with E-state index in [1.807, 2.05) is 0 Å². The maximum atomic E-state index is 12.3. The van der Waals surface area contributed by atoms with Crippen molar-refractivity contribution in [3.05, 3.63) is 47.4 Å². The van der Waals surface area contributed by atoms with E-state index in [9.17, 15) is 18.0 Å². The van der Waals surface area contributed by atoms with Crippen LogP contribution in [0, 0.1) is 13.8 Å². The molecule has 1 amide bonds. The number of esters is 1. The Morgan fingerprint density at radius 3 is 2.18 bits per heavy atom. The van der Waals surface area contributed by atoms with E-state index in [1.54, 1.807) is 33.8 Å². The van der Waals surface area contributed by atoms with Gasteiger partial charge in [0, 0.05) is 11.7 Å². The Morgan fingerprint density at radius 1 is 1.07 bits per heavy atom. The van der Waals surface area contributed by atoms with Crippen LogP contribution in [0.25, 0.3) is 0 Å². The molecule has 0 aliphatic carbocycles. The molecule has 2 N–H and O–H groups in total. The molecule has 2 aromatic rings. The van der Waals surface area contributed by atoms with Crippen molar-refractivity contribution in [3.63, 3.8) is 0 Å². The van der Waals surface area contributed by atoms with Crippen molar-refractivity contribution in [2.45, 2.75) is 51.7 Å². The summed E-state index contributed by atoms with van der Waals surface area (Å²) in [4.78, 5) is 24.5. The van der Waals surface area contributed by atoms with Crippen LogP contribution < -0.4 is 10.0 Å². The lowest BCUT2D eigenvalue weighted by molar-refractivity contribution is -0.123. The van der Waals surface area contributed by atoms with Crippen LogP contribution in [0.1, 0.15) is 42.6 Å². The van der Waals surface area contributed by atoms with Crippen LogP contribution in [-0.4, -0.2) is 32.4 Å². The minimum atomic E-state index is -3.61. The topological polar surface area (TPSA) is 115 Å². The Balaban J connectivity index is 2.00. The summed E-state index contributed by atoms with van der Waals surface area (Å²) < 4.78 is 37.1. The van der Waals surface area contributed by atoms with Gasteiger partial charge in [0.1, 0.15) is 17.1 Å². The fraction of sp³-hybridized carbons (Fsp3) is 0.368. The normalized spacial score (nSPS) is 12.6. The number of rotatable bonds is 7. The first-order chi connectivity index (χ1) is 13.0. The number of carbonyl (C=O) groups excluding carboxylic acids is 2. The predicted octanol–water partition coefficient (Wildman–Crippen LogP) is 2.77. The molecule has 0 fully saturated rings. The summed E-state index contributed by atoms with van der Waals surface area (Å²) in [6.45, 7) is 8.24. The summed E-state index contributed by atoms with van der Waals surface area (Å²) in [5.41, 5.74) is 0.649. The molecular weight excluding hydrogens is 384 g/mol. The van der Waals surface area contributed by atoms with Gasteiger partial charge in [-0.25, -0.2) is 17.9 Å². The van der Waals surface area contributed by atoms with Crippen LogP contribution in [0.15, 0.2) is 39.6 Å². The van der Waals surface area contributed by atoms with Crippen LogP contribution >= 0.6 is 0 Å². The number of amides is 1. The number of ether oxygens (including phenoxy) is 1. The van der Waals surface area contributed by atoms with E-state index in [4.69, 9.17) is 9.15 Å². The van der Waals surface area contributed by atoms with E-state index in [-0.39, 0.29) is 16.5 Å². The quantitative estimate of drug-likeness (QED) is 0.681. The third-order valence-electron chi connectivity index (χ3n) is 3.74. The molecule has 0 saturated heterocycles. The molecule has 1 aromatic heterocycles. The van der Waals surface area contributed by atoms with Gasteiger partial charge < -0.3 is 14.5 Å². The first-order valence-electron chi connectivity index (χ1n) is 8.71. The van der Waals surface area contributed by atoms with Crippen LogP contribution in [-0.2, 0) is 19.6 Å². The highest BCUT2D eigenvalue weighted by Crippen LogP contribution is 2.17. The van der Waals surface area contributed by atoms with E-state index < -0.39 is 28.0 Å². The van der Waals surface area contributed by atoms with Crippen LogP contribution in [0.5, 0.6) is 0 Å². The zero-order chi connectivity index (χ0) is 21.1. The minimum Gasteiger partial charge on any atom is -0.466 e. The maximum absolute atomic E-state index is 12.3. The first kappa shape index (κ1) is 21.6. The molecule has 1 aromatic carbocycles. The van der Waals surface area contributed by atoms with Gasteiger partial charge in [-0.1, -0.05) is 0 Å². The van der Waals surface area contributed by atoms with E-state index >= 15 is 0 Å². The molecule has 9 heteroatoms. The fourth-order valence-corrected chi connectivity index (χ4v) is 3.70. The highest BCUT2D eigenvalue weighted by atomic mass is 32.2. The monoisotopic (exact) mass is 408 g/mol. The third kappa shape index (κ3) is 5.43. The van der Waals surface area contributed by atoms with Crippen molar-refractivity contribution in [1.82, 2.24) is 4.72 Å². The lowest BCUT2D eigenvalue weighted by atomic mass is 10.2. The molecular formula is C19H24N2O6S. The average molecular weight is 408 g/mol. The summed E-state index contributed by atoms with van der Waals surface area (Å²) in [5, 5.41) is 2.58. The number of hydrogen-bond acceptors (Lipinski definition) is 6. The SMILES string of the molecule is Cc1cc(C(=O)O[C@H](C)C(=O)Nc2ccc(S(=O)(=O)NC(C)C)cc2)c(C)o1. The van der Waals surface area contributed by atoms with Crippen molar-refractivity contribution >= 4 is 27.6 Å². The molecule has 1 heterocycles. The average Bonchev–Trinajstić information content (AvgIpc) is 2.92. The van der Waals surface area contributed by atoms with Crippen LogP contribution in [0.2, 0.25) is 0 Å². The van der Waals surface area contributed by atoms with Crippen LogP contribution in [0.3, 0.4) is 0 Å².